The summed E-state index contributed by atoms with van der Waals surface area (Å²) in [5, 5.41) is 2.51. The highest BCUT2D eigenvalue weighted by Gasteiger charge is 2.15. The highest BCUT2D eigenvalue weighted by molar-refractivity contribution is 5.97. The first-order chi connectivity index (χ1) is 30.2. The molecule has 10 aromatic carbocycles. The first-order valence-corrected chi connectivity index (χ1v) is 21.2. The molecule has 1 heteroatoms. The Kier molecular flexibility index (Phi) is 10.6. The molecule has 1 nitrogen and oxygen atoms in total. The van der Waals surface area contributed by atoms with Gasteiger partial charge in [-0.25, -0.2) is 0 Å². The Morgan fingerprint density at radius 2 is 0.672 bits per heavy atom. The zero-order chi connectivity index (χ0) is 40.8. The van der Waals surface area contributed by atoms with Crippen molar-refractivity contribution in [1.29, 1.82) is 0 Å². The molecule has 0 N–H and O–H groups in total. The van der Waals surface area contributed by atoms with E-state index < -0.39 is 0 Å². The monoisotopic (exact) mass is 779 g/mol. The molecule has 10 aromatic rings. The summed E-state index contributed by atoms with van der Waals surface area (Å²) in [6.45, 7) is 0. The lowest BCUT2D eigenvalue weighted by Crippen LogP contribution is -2.09. The third kappa shape index (κ3) is 8.15. The second-order valence-electron chi connectivity index (χ2n) is 15.7. The van der Waals surface area contributed by atoms with E-state index in [4.69, 9.17) is 0 Å². The number of benzene rings is 10. The molecular formula is C60H45N. The van der Waals surface area contributed by atoms with Gasteiger partial charge in [0, 0.05) is 17.1 Å². The van der Waals surface area contributed by atoms with E-state index in [2.05, 4.69) is 254 Å². The maximum atomic E-state index is 2.36. The smallest absolute Gasteiger partial charge is 0.0462 e. The van der Waals surface area contributed by atoms with Crippen molar-refractivity contribution in [2.24, 2.45) is 0 Å². The van der Waals surface area contributed by atoms with Crippen molar-refractivity contribution in [3.05, 3.63) is 271 Å². The average Bonchev–Trinajstić information content (AvgIpc) is 3.33. The zero-order valence-corrected chi connectivity index (χ0v) is 34.0. The van der Waals surface area contributed by atoms with Gasteiger partial charge in [0.25, 0.3) is 0 Å². The quantitative estimate of drug-likeness (QED) is 0.126. The number of hydrogen-bond donors (Lipinski definition) is 0. The Hall–Kier alpha value is -7.74. The van der Waals surface area contributed by atoms with Crippen molar-refractivity contribution in [3.8, 4) is 44.5 Å². The van der Waals surface area contributed by atoms with Crippen molar-refractivity contribution in [3.63, 3.8) is 0 Å². The fraction of sp³-hybridized carbons (Fsp3) is 0.0333. The molecule has 0 saturated carbocycles. The van der Waals surface area contributed by atoms with E-state index in [1.165, 1.54) is 77.5 Å². The fourth-order valence-electron chi connectivity index (χ4n) is 8.72. The predicted octanol–water partition coefficient (Wildman–Crippen LogP) is 16.2. The predicted molar refractivity (Wildman–Crippen MR) is 259 cm³/mol. The second kappa shape index (κ2) is 17.2. The molecule has 0 aromatic heterocycles. The number of anilines is 3. The summed E-state index contributed by atoms with van der Waals surface area (Å²) in [6, 6.07) is 90.2. The largest absolute Gasteiger partial charge is 0.311 e. The van der Waals surface area contributed by atoms with Gasteiger partial charge in [0.05, 0.1) is 0 Å². The molecule has 0 aliphatic carbocycles. The lowest BCUT2D eigenvalue weighted by Gasteiger charge is -2.26. The molecule has 0 aliphatic heterocycles. The average molecular weight is 780 g/mol. The minimum absolute atomic E-state index is 0.850. The van der Waals surface area contributed by atoms with E-state index in [-0.39, 0.29) is 0 Å². The first kappa shape index (κ1) is 37.5. The standard InChI is InChI=1S/C60H45N/c1-3-15-44(16-4-1)41-52-21-8-11-26-59(52)60-27-12-9-22-53(60)43-45-17-13-24-51(42-45)48-31-37-55(38-32-48)61(54-35-29-47(30-36-54)46-18-5-2-6-19-46)56-39-33-50(34-40-56)58-28-14-23-49-20-7-10-25-57(49)58/h1-40,42H,41,43H2. The van der Waals surface area contributed by atoms with E-state index in [0.29, 0.717) is 0 Å². The Morgan fingerprint density at radius 1 is 0.262 bits per heavy atom. The highest BCUT2D eigenvalue weighted by Crippen LogP contribution is 2.39. The van der Waals surface area contributed by atoms with Gasteiger partial charge < -0.3 is 4.90 Å². The SMILES string of the molecule is c1ccc(Cc2ccccc2-c2ccccc2Cc2cccc(-c3ccc(N(c4ccc(-c5ccccc5)cc4)c4ccc(-c5cccc6ccccc56)cc4)cc3)c2)cc1. The Bertz CT molecular complexity index is 3030. The molecule has 61 heavy (non-hydrogen) atoms. The Morgan fingerprint density at radius 3 is 1.31 bits per heavy atom. The van der Waals surface area contributed by atoms with Crippen molar-refractivity contribution in [1.82, 2.24) is 0 Å². The van der Waals surface area contributed by atoms with Crippen LogP contribution in [-0.2, 0) is 12.8 Å². The normalized spacial score (nSPS) is 11.1. The molecule has 0 aliphatic rings. The van der Waals surface area contributed by atoms with Crippen LogP contribution in [0, 0.1) is 0 Å². The summed E-state index contributed by atoms with van der Waals surface area (Å²) >= 11 is 0. The molecule has 10 rings (SSSR count). The minimum atomic E-state index is 0.850. The molecule has 0 radical (unpaired) electrons. The summed E-state index contributed by atoms with van der Waals surface area (Å²) < 4.78 is 0. The van der Waals surface area contributed by atoms with Gasteiger partial charge >= 0.3 is 0 Å². The van der Waals surface area contributed by atoms with Gasteiger partial charge in [0.1, 0.15) is 0 Å². The molecular weight excluding hydrogens is 735 g/mol. The van der Waals surface area contributed by atoms with Gasteiger partial charge in [-0.3, -0.25) is 0 Å². The maximum Gasteiger partial charge on any atom is 0.0462 e. The van der Waals surface area contributed by atoms with Crippen LogP contribution in [0.25, 0.3) is 55.3 Å². The molecule has 290 valence electrons. The maximum absolute atomic E-state index is 2.36. The van der Waals surface area contributed by atoms with E-state index in [1.807, 2.05) is 0 Å². The molecule has 0 heterocycles. The number of rotatable bonds is 11. The molecule has 0 unspecified atom stereocenters. The number of nitrogens with zero attached hydrogens (tertiary/aromatic N) is 1. The zero-order valence-electron chi connectivity index (χ0n) is 34.0. The number of fused-ring (bicyclic) bond motifs is 1. The lowest BCUT2D eigenvalue weighted by atomic mass is 9.89. The molecule has 0 bridgehead atoms. The van der Waals surface area contributed by atoms with Crippen molar-refractivity contribution < 1.29 is 0 Å². The van der Waals surface area contributed by atoms with Crippen LogP contribution in [0.4, 0.5) is 17.1 Å². The van der Waals surface area contributed by atoms with Crippen LogP contribution in [0.5, 0.6) is 0 Å². The minimum Gasteiger partial charge on any atom is -0.311 e. The third-order valence-electron chi connectivity index (χ3n) is 11.8. The van der Waals surface area contributed by atoms with E-state index in [1.54, 1.807) is 0 Å². The molecule has 0 fully saturated rings. The van der Waals surface area contributed by atoms with Crippen LogP contribution in [0.3, 0.4) is 0 Å². The summed E-state index contributed by atoms with van der Waals surface area (Å²) in [7, 11) is 0. The van der Waals surface area contributed by atoms with Crippen LogP contribution in [0.1, 0.15) is 22.3 Å². The van der Waals surface area contributed by atoms with E-state index in [9.17, 15) is 0 Å². The van der Waals surface area contributed by atoms with Gasteiger partial charge in [0.15, 0.2) is 0 Å². The van der Waals surface area contributed by atoms with E-state index in [0.717, 1.165) is 29.9 Å². The highest BCUT2D eigenvalue weighted by atomic mass is 15.1. The molecule has 0 spiro atoms. The van der Waals surface area contributed by atoms with Crippen LogP contribution in [-0.4, -0.2) is 0 Å². The number of hydrogen-bond acceptors (Lipinski definition) is 1. The van der Waals surface area contributed by atoms with Crippen LogP contribution >= 0.6 is 0 Å². The third-order valence-corrected chi connectivity index (χ3v) is 11.8. The molecule has 0 saturated heterocycles. The Labute approximate surface area is 359 Å². The van der Waals surface area contributed by atoms with Crippen molar-refractivity contribution in [2.75, 3.05) is 4.90 Å². The van der Waals surface area contributed by atoms with Crippen LogP contribution in [0.2, 0.25) is 0 Å². The second-order valence-corrected chi connectivity index (χ2v) is 15.7. The van der Waals surface area contributed by atoms with Crippen molar-refractivity contribution >= 4 is 27.8 Å². The van der Waals surface area contributed by atoms with Gasteiger partial charge in [-0.15, -0.1) is 0 Å². The summed E-state index contributed by atoms with van der Waals surface area (Å²) in [4.78, 5) is 2.36. The fourth-order valence-corrected chi connectivity index (χ4v) is 8.72. The summed E-state index contributed by atoms with van der Waals surface area (Å²) in [5.74, 6) is 0. The first-order valence-electron chi connectivity index (χ1n) is 21.2. The van der Waals surface area contributed by atoms with Crippen LogP contribution in [0.15, 0.2) is 249 Å². The molecule has 0 atom stereocenters. The van der Waals surface area contributed by atoms with Gasteiger partial charge in [-0.2, -0.15) is 0 Å². The van der Waals surface area contributed by atoms with Crippen molar-refractivity contribution in [2.45, 2.75) is 12.8 Å². The summed E-state index contributed by atoms with van der Waals surface area (Å²) in [6.07, 6.45) is 1.76. The van der Waals surface area contributed by atoms with E-state index >= 15 is 0 Å². The van der Waals surface area contributed by atoms with Gasteiger partial charge in [0.2, 0.25) is 0 Å². The van der Waals surface area contributed by atoms with Crippen LogP contribution < -0.4 is 4.90 Å². The Balaban J connectivity index is 0.951. The van der Waals surface area contributed by atoms with Gasteiger partial charge in [-0.1, -0.05) is 212 Å². The summed E-state index contributed by atoms with van der Waals surface area (Å²) in [5.41, 5.74) is 18.5. The topological polar surface area (TPSA) is 3.24 Å². The van der Waals surface area contributed by atoms with Gasteiger partial charge in [-0.05, 0) is 127 Å². The molecule has 0 amide bonds. The lowest BCUT2D eigenvalue weighted by molar-refractivity contribution is 1.17.